The van der Waals surface area contributed by atoms with E-state index in [1.807, 2.05) is 0 Å². The fraction of sp³-hybridized carbons (Fsp3) is 0.455. The van der Waals surface area contributed by atoms with E-state index < -0.39 is 0 Å². The molecule has 0 unspecified atom stereocenters. The Labute approximate surface area is 147 Å². The third kappa shape index (κ3) is 4.77. The van der Waals surface area contributed by atoms with Gasteiger partial charge in [-0.15, -0.1) is 0 Å². The van der Waals surface area contributed by atoms with Crippen LogP contribution in [0.15, 0.2) is 24.3 Å². The van der Waals surface area contributed by atoms with Gasteiger partial charge in [-0.25, -0.2) is 0 Å². The van der Waals surface area contributed by atoms with Crippen LogP contribution in [-0.4, -0.2) is 13.1 Å². The van der Waals surface area contributed by atoms with Crippen molar-refractivity contribution in [1.82, 2.24) is 0 Å². The van der Waals surface area contributed by atoms with Crippen molar-refractivity contribution < 1.29 is 0 Å². The topological polar surface area (TPSA) is 24.1 Å². The van der Waals surface area contributed by atoms with Crippen molar-refractivity contribution in [3.05, 3.63) is 57.6 Å². The summed E-state index contributed by atoms with van der Waals surface area (Å²) in [5.74, 6) is 0. The Kier molecular flexibility index (Phi) is 6.30. The molecule has 0 aliphatic rings. The van der Waals surface area contributed by atoms with Crippen LogP contribution in [-0.2, 0) is 0 Å². The van der Waals surface area contributed by atoms with Gasteiger partial charge in [-0.05, 0) is 76.6 Å². The number of benzene rings is 2. The standard InChI is InChI=1S/C22H32N2/c1-15-11-17(3)21(18(4)12-15)23-9-7-8-10-24-22-19(5)13-16(2)14-20(22)6/h11-14,23-24H,7-10H2,1-6H3. The maximum absolute atomic E-state index is 3.61. The predicted molar refractivity (Wildman–Crippen MR) is 108 cm³/mol. The molecule has 2 heteroatoms. The molecule has 0 saturated carbocycles. The van der Waals surface area contributed by atoms with E-state index in [0.29, 0.717) is 0 Å². The highest BCUT2D eigenvalue weighted by Gasteiger charge is 2.04. The van der Waals surface area contributed by atoms with Crippen LogP contribution >= 0.6 is 0 Å². The first-order valence-corrected chi connectivity index (χ1v) is 9.02. The first kappa shape index (κ1) is 18.4. The SMILES string of the molecule is Cc1cc(C)c(NCCCCNc2c(C)cc(C)cc2C)c(C)c1. The Morgan fingerprint density at radius 2 is 0.833 bits per heavy atom. The lowest BCUT2D eigenvalue weighted by Gasteiger charge is -2.15. The number of aryl methyl sites for hydroxylation is 6. The van der Waals surface area contributed by atoms with Crippen molar-refractivity contribution in [3.63, 3.8) is 0 Å². The summed E-state index contributed by atoms with van der Waals surface area (Å²) in [6.45, 7) is 15.1. The molecule has 130 valence electrons. The monoisotopic (exact) mass is 324 g/mol. The number of nitrogens with one attached hydrogen (secondary N) is 2. The summed E-state index contributed by atoms with van der Waals surface area (Å²) in [5, 5.41) is 7.22. The van der Waals surface area contributed by atoms with Crippen LogP contribution in [0.4, 0.5) is 11.4 Å². The van der Waals surface area contributed by atoms with E-state index in [4.69, 9.17) is 0 Å². The van der Waals surface area contributed by atoms with Crippen LogP contribution < -0.4 is 10.6 Å². The van der Waals surface area contributed by atoms with Crippen molar-refractivity contribution in [3.8, 4) is 0 Å². The van der Waals surface area contributed by atoms with Gasteiger partial charge in [0.2, 0.25) is 0 Å². The zero-order chi connectivity index (χ0) is 17.7. The second-order valence-corrected chi connectivity index (χ2v) is 7.11. The Morgan fingerprint density at radius 1 is 0.542 bits per heavy atom. The van der Waals surface area contributed by atoms with E-state index in [2.05, 4.69) is 76.4 Å². The Hall–Kier alpha value is -1.96. The van der Waals surface area contributed by atoms with E-state index in [9.17, 15) is 0 Å². The summed E-state index contributed by atoms with van der Waals surface area (Å²) < 4.78 is 0. The molecule has 0 spiro atoms. The van der Waals surface area contributed by atoms with Crippen molar-refractivity contribution >= 4 is 11.4 Å². The summed E-state index contributed by atoms with van der Waals surface area (Å²) in [5.41, 5.74) is 10.7. The largest absolute Gasteiger partial charge is 0.385 e. The van der Waals surface area contributed by atoms with E-state index in [1.54, 1.807) is 0 Å². The molecule has 0 heterocycles. The lowest BCUT2D eigenvalue weighted by molar-refractivity contribution is 0.794. The molecule has 0 aliphatic carbocycles. The van der Waals surface area contributed by atoms with Crippen molar-refractivity contribution in [2.45, 2.75) is 54.4 Å². The van der Waals surface area contributed by atoms with Crippen LogP contribution in [0.3, 0.4) is 0 Å². The maximum atomic E-state index is 3.61. The molecule has 2 rings (SSSR count). The Bertz CT molecular complexity index is 594. The highest BCUT2D eigenvalue weighted by atomic mass is 14.9. The average Bonchev–Trinajstić information content (AvgIpc) is 2.46. The molecule has 0 bridgehead atoms. The van der Waals surface area contributed by atoms with Crippen LogP contribution in [0.1, 0.15) is 46.2 Å². The maximum Gasteiger partial charge on any atom is 0.0399 e. The smallest absolute Gasteiger partial charge is 0.0399 e. The first-order valence-electron chi connectivity index (χ1n) is 9.02. The lowest BCUT2D eigenvalue weighted by atomic mass is 10.0. The molecule has 2 aromatic rings. The quantitative estimate of drug-likeness (QED) is 0.625. The number of anilines is 2. The number of unbranched alkanes of at least 4 members (excludes halogenated alkanes) is 1. The van der Waals surface area contributed by atoms with Gasteiger partial charge in [0, 0.05) is 24.5 Å². The third-order valence-corrected chi connectivity index (χ3v) is 4.56. The van der Waals surface area contributed by atoms with Crippen molar-refractivity contribution in [2.24, 2.45) is 0 Å². The molecule has 0 amide bonds. The molecule has 2 nitrogen and oxygen atoms in total. The van der Waals surface area contributed by atoms with Crippen molar-refractivity contribution in [1.29, 1.82) is 0 Å². The molecule has 24 heavy (non-hydrogen) atoms. The number of hydrogen-bond donors (Lipinski definition) is 2. The van der Waals surface area contributed by atoms with Gasteiger partial charge >= 0.3 is 0 Å². The number of hydrogen-bond acceptors (Lipinski definition) is 2. The van der Waals surface area contributed by atoms with E-state index >= 15 is 0 Å². The fourth-order valence-corrected chi connectivity index (χ4v) is 3.59. The van der Waals surface area contributed by atoms with Gasteiger partial charge in [-0.1, -0.05) is 35.4 Å². The van der Waals surface area contributed by atoms with Gasteiger partial charge in [-0.3, -0.25) is 0 Å². The minimum absolute atomic E-state index is 1.03. The predicted octanol–water partition coefficient (Wildman–Crippen LogP) is 5.84. The van der Waals surface area contributed by atoms with Gasteiger partial charge in [0.15, 0.2) is 0 Å². The summed E-state index contributed by atoms with van der Waals surface area (Å²) in [6, 6.07) is 9.00. The molecular weight excluding hydrogens is 292 g/mol. The highest BCUT2D eigenvalue weighted by Crippen LogP contribution is 2.23. The van der Waals surface area contributed by atoms with E-state index in [1.165, 1.54) is 57.6 Å². The van der Waals surface area contributed by atoms with Crippen LogP contribution in [0.25, 0.3) is 0 Å². The molecule has 0 aromatic heterocycles. The molecule has 0 radical (unpaired) electrons. The van der Waals surface area contributed by atoms with Gasteiger partial charge in [0.1, 0.15) is 0 Å². The van der Waals surface area contributed by atoms with Crippen LogP contribution in [0.2, 0.25) is 0 Å². The van der Waals surface area contributed by atoms with Crippen molar-refractivity contribution in [2.75, 3.05) is 23.7 Å². The fourth-order valence-electron chi connectivity index (χ4n) is 3.59. The normalized spacial score (nSPS) is 10.8. The Balaban J connectivity index is 1.77. The lowest BCUT2D eigenvalue weighted by Crippen LogP contribution is -2.09. The first-order chi connectivity index (χ1) is 11.4. The van der Waals surface area contributed by atoms with Crippen LogP contribution in [0, 0.1) is 41.5 Å². The van der Waals surface area contributed by atoms with Gasteiger partial charge < -0.3 is 10.6 Å². The molecule has 0 atom stereocenters. The second kappa shape index (κ2) is 8.23. The third-order valence-electron chi connectivity index (χ3n) is 4.56. The Morgan fingerprint density at radius 3 is 1.12 bits per heavy atom. The zero-order valence-electron chi connectivity index (χ0n) is 16.1. The molecule has 0 aliphatic heterocycles. The molecule has 0 saturated heterocycles. The summed E-state index contributed by atoms with van der Waals surface area (Å²) in [7, 11) is 0. The minimum atomic E-state index is 1.03. The highest BCUT2D eigenvalue weighted by molar-refractivity contribution is 5.59. The second-order valence-electron chi connectivity index (χ2n) is 7.11. The van der Waals surface area contributed by atoms with Crippen LogP contribution in [0.5, 0.6) is 0 Å². The average molecular weight is 325 g/mol. The molecule has 2 N–H and O–H groups in total. The molecular formula is C22H32N2. The number of rotatable bonds is 7. The zero-order valence-corrected chi connectivity index (χ0v) is 16.1. The minimum Gasteiger partial charge on any atom is -0.385 e. The summed E-state index contributed by atoms with van der Waals surface area (Å²) >= 11 is 0. The van der Waals surface area contributed by atoms with E-state index in [0.717, 1.165) is 13.1 Å². The summed E-state index contributed by atoms with van der Waals surface area (Å²) in [6.07, 6.45) is 2.34. The molecule has 2 aromatic carbocycles. The summed E-state index contributed by atoms with van der Waals surface area (Å²) in [4.78, 5) is 0. The van der Waals surface area contributed by atoms with Gasteiger partial charge in [0.25, 0.3) is 0 Å². The molecule has 0 fully saturated rings. The van der Waals surface area contributed by atoms with Gasteiger partial charge in [-0.2, -0.15) is 0 Å². The van der Waals surface area contributed by atoms with Gasteiger partial charge in [0.05, 0.1) is 0 Å². The van der Waals surface area contributed by atoms with E-state index in [-0.39, 0.29) is 0 Å².